The molecule has 1 aromatic carbocycles. The van der Waals surface area contributed by atoms with Crippen molar-refractivity contribution in [2.75, 3.05) is 0 Å². The largest absolute Gasteiger partial charge is 0.481 e. The number of halogens is 1. The molecule has 0 heterocycles. The van der Waals surface area contributed by atoms with Crippen molar-refractivity contribution >= 4 is 28.0 Å². The van der Waals surface area contributed by atoms with Crippen LogP contribution < -0.4 is 0 Å². The maximum atomic E-state index is 10.9. The summed E-state index contributed by atoms with van der Waals surface area (Å²) in [4.78, 5) is 10.9. The summed E-state index contributed by atoms with van der Waals surface area (Å²) in [6.45, 7) is 1.73. The van der Waals surface area contributed by atoms with Crippen molar-refractivity contribution < 1.29 is 9.90 Å². The van der Waals surface area contributed by atoms with Gasteiger partial charge in [0.15, 0.2) is 0 Å². The number of benzene rings is 1. The molecule has 1 unspecified atom stereocenters. The number of fused-ring (bicyclic) bond motifs is 1. The molecule has 1 aliphatic rings. The molecule has 1 N–H and O–H groups in total. The van der Waals surface area contributed by atoms with E-state index in [0.717, 1.165) is 22.0 Å². The van der Waals surface area contributed by atoms with Gasteiger partial charge in [-0.15, -0.1) is 0 Å². The van der Waals surface area contributed by atoms with Crippen molar-refractivity contribution in [3.05, 3.63) is 39.4 Å². The van der Waals surface area contributed by atoms with Gasteiger partial charge in [-0.25, -0.2) is 0 Å². The van der Waals surface area contributed by atoms with Gasteiger partial charge in [-0.3, -0.25) is 4.79 Å². The third kappa shape index (κ3) is 1.97. The average Bonchev–Trinajstić information content (AvgIpc) is 2.58. The highest BCUT2D eigenvalue weighted by Crippen LogP contribution is 2.31. The molecule has 0 spiro atoms. The molecule has 2 nitrogen and oxygen atoms in total. The van der Waals surface area contributed by atoms with Crippen LogP contribution in [-0.4, -0.2) is 11.1 Å². The van der Waals surface area contributed by atoms with E-state index >= 15 is 0 Å². The van der Waals surface area contributed by atoms with E-state index in [1.165, 1.54) is 5.56 Å². The number of hydrogen-bond donors (Lipinski definition) is 1. The van der Waals surface area contributed by atoms with E-state index in [4.69, 9.17) is 5.11 Å². The molecule has 0 amide bonds. The van der Waals surface area contributed by atoms with Crippen molar-refractivity contribution in [3.63, 3.8) is 0 Å². The zero-order chi connectivity index (χ0) is 11.0. The molecule has 2 rings (SSSR count). The quantitative estimate of drug-likeness (QED) is 0.893. The monoisotopic (exact) mass is 266 g/mol. The second kappa shape index (κ2) is 3.81. The van der Waals surface area contributed by atoms with Crippen LogP contribution in [0.25, 0.3) is 6.08 Å². The fourth-order valence-corrected chi connectivity index (χ4v) is 2.15. The Bertz CT molecular complexity index is 449. The molecule has 1 atom stereocenters. The topological polar surface area (TPSA) is 37.3 Å². The van der Waals surface area contributed by atoms with Gasteiger partial charge < -0.3 is 5.11 Å². The Balaban J connectivity index is 2.31. The first-order chi connectivity index (χ1) is 7.08. The third-order valence-electron chi connectivity index (χ3n) is 2.77. The molecular weight excluding hydrogens is 256 g/mol. The van der Waals surface area contributed by atoms with Crippen molar-refractivity contribution in [2.24, 2.45) is 5.92 Å². The normalized spacial score (nSPS) is 15.7. The maximum Gasteiger partial charge on any atom is 0.310 e. The Labute approximate surface area is 96.7 Å². The summed E-state index contributed by atoms with van der Waals surface area (Å²) in [5.74, 6) is -1.15. The molecule has 78 valence electrons. The lowest BCUT2D eigenvalue weighted by atomic mass is 10.00. The van der Waals surface area contributed by atoms with Crippen LogP contribution in [0.3, 0.4) is 0 Å². The lowest BCUT2D eigenvalue weighted by Gasteiger charge is -2.06. The first-order valence-electron chi connectivity index (χ1n) is 4.79. The number of carbonyl (C=O) groups is 1. The maximum absolute atomic E-state index is 10.9. The molecule has 1 aliphatic carbocycles. The second-order valence-corrected chi connectivity index (χ2v) is 4.71. The van der Waals surface area contributed by atoms with Gasteiger partial charge in [0.2, 0.25) is 0 Å². The van der Waals surface area contributed by atoms with E-state index < -0.39 is 11.9 Å². The average molecular weight is 267 g/mol. The summed E-state index contributed by atoms with van der Waals surface area (Å²) in [5.41, 5.74) is 3.32. The molecule has 0 bridgehead atoms. The van der Waals surface area contributed by atoms with E-state index in [2.05, 4.69) is 15.9 Å². The molecule has 15 heavy (non-hydrogen) atoms. The van der Waals surface area contributed by atoms with Crippen LogP contribution in [0.15, 0.2) is 28.2 Å². The summed E-state index contributed by atoms with van der Waals surface area (Å²) >= 11 is 3.41. The zero-order valence-electron chi connectivity index (χ0n) is 8.33. The molecule has 0 radical (unpaired) electrons. The van der Waals surface area contributed by atoms with Gasteiger partial charge in [0, 0.05) is 4.47 Å². The number of carboxylic acid groups (broad SMARTS) is 1. The van der Waals surface area contributed by atoms with Gasteiger partial charge in [0.05, 0.1) is 5.92 Å². The number of aliphatic carboxylic acids is 1. The van der Waals surface area contributed by atoms with Crippen LogP contribution in [0.5, 0.6) is 0 Å². The minimum absolute atomic E-state index is 0.392. The molecule has 1 aromatic rings. The lowest BCUT2D eigenvalue weighted by molar-refractivity contribution is -0.139. The zero-order valence-corrected chi connectivity index (χ0v) is 9.91. The first kappa shape index (κ1) is 10.4. The van der Waals surface area contributed by atoms with E-state index in [1.807, 2.05) is 24.3 Å². The number of carboxylic acids is 1. The van der Waals surface area contributed by atoms with Crippen molar-refractivity contribution in [1.29, 1.82) is 0 Å². The van der Waals surface area contributed by atoms with Crippen LogP contribution >= 0.6 is 15.9 Å². The second-order valence-electron chi connectivity index (χ2n) is 3.80. The highest BCUT2D eigenvalue weighted by Gasteiger charge is 2.22. The minimum atomic E-state index is -0.756. The SMILES string of the molecule is CC(C(=O)O)C1=Cc2cc(Br)ccc2C1. The van der Waals surface area contributed by atoms with Crippen LogP contribution in [0.2, 0.25) is 0 Å². The Hall–Kier alpha value is -1.09. The van der Waals surface area contributed by atoms with Crippen LogP contribution in [0.1, 0.15) is 18.1 Å². The third-order valence-corrected chi connectivity index (χ3v) is 3.26. The van der Waals surface area contributed by atoms with Crippen LogP contribution in [0, 0.1) is 5.92 Å². The molecule has 0 aliphatic heterocycles. The van der Waals surface area contributed by atoms with Gasteiger partial charge in [0.25, 0.3) is 0 Å². The standard InChI is InChI=1S/C12H11BrO2/c1-7(12(14)15)9-4-8-2-3-11(13)6-10(8)5-9/h2-3,5-7H,4H2,1H3,(H,14,15). The van der Waals surface area contributed by atoms with Gasteiger partial charge in [-0.1, -0.05) is 33.6 Å². The van der Waals surface area contributed by atoms with Crippen molar-refractivity contribution in [1.82, 2.24) is 0 Å². The summed E-state index contributed by atoms with van der Waals surface area (Å²) < 4.78 is 1.03. The van der Waals surface area contributed by atoms with E-state index in [1.54, 1.807) is 6.92 Å². The Morgan fingerprint density at radius 1 is 1.53 bits per heavy atom. The molecule has 0 saturated carbocycles. The Morgan fingerprint density at radius 3 is 2.93 bits per heavy atom. The molecular formula is C12H11BrO2. The Morgan fingerprint density at radius 2 is 2.27 bits per heavy atom. The summed E-state index contributed by atoms with van der Waals surface area (Å²) in [7, 11) is 0. The van der Waals surface area contributed by atoms with E-state index in [-0.39, 0.29) is 0 Å². The van der Waals surface area contributed by atoms with Gasteiger partial charge in [-0.05, 0) is 36.6 Å². The molecule has 3 heteroatoms. The highest BCUT2D eigenvalue weighted by molar-refractivity contribution is 9.10. The number of rotatable bonds is 2. The smallest absolute Gasteiger partial charge is 0.310 e. The van der Waals surface area contributed by atoms with Crippen LogP contribution in [-0.2, 0) is 11.2 Å². The number of hydrogen-bond acceptors (Lipinski definition) is 1. The predicted molar refractivity (Wildman–Crippen MR) is 62.6 cm³/mol. The van der Waals surface area contributed by atoms with E-state index in [9.17, 15) is 4.79 Å². The molecule has 0 fully saturated rings. The molecule has 0 aromatic heterocycles. The summed E-state index contributed by atoms with van der Waals surface area (Å²) in [6, 6.07) is 6.05. The Kier molecular flexibility index (Phi) is 2.65. The summed E-state index contributed by atoms with van der Waals surface area (Å²) in [6.07, 6.45) is 2.74. The van der Waals surface area contributed by atoms with Crippen molar-refractivity contribution in [2.45, 2.75) is 13.3 Å². The van der Waals surface area contributed by atoms with Gasteiger partial charge in [-0.2, -0.15) is 0 Å². The summed E-state index contributed by atoms with van der Waals surface area (Å²) in [5, 5.41) is 8.93. The predicted octanol–water partition coefficient (Wildman–Crippen LogP) is 3.11. The fraction of sp³-hybridized carbons (Fsp3) is 0.250. The molecule has 0 saturated heterocycles. The van der Waals surface area contributed by atoms with E-state index in [0.29, 0.717) is 0 Å². The van der Waals surface area contributed by atoms with Gasteiger partial charge >= 0.3 is 5.97 Å². The first-order valence-corrected chi connectivity index (χ1v) is 5.59. The highest BCUT2D eigenvalue weighted by atomic mass is 79.9. The lowest BCUT2D eigenvalue weighted by Crippen LogP contribution is -2.12. The van der Waals surface area contributed by atoms with Gasteiger partial charge in [0.1, 0.15) is 0 Å². The van der Waals surface area contributed by atoms with Crippen LogP contribution in [0.4, 0.5) is 0 Å². The minimum Gasteiger partial charge on any atom is -0.481 e. The fourth-order valence-electron chi connectivity index (χ4n) is 1.77. The van der Waals surface area contributed by atoms with Crippen molar-refractivity contribution in [3.8, 4) is 0 Å².